The lowest BCUT2D eigenvalue weighted by molar-refractivity contribution is 0.494. The van der Waals surface area contributed by atoms with E-state index in [0.717, 1.165) is 22.9 Å². The van der Waals surface area contributed by atoms with E-state index in [9.17, 15) is 0 Å². The highest BCUT2D eigenvalue weighted by Crippen LogP contribution is 2.34. The third-order valence-electron chi connectivity index (χ3n) is 4.30. The Hall–Kier alpha value is -0.540. The van der Waals surface area contributed by atoms with Crippen LogP contribution in [0.15, 0.2) is 22.7 Å². The molecule has 1 saturated heterocycles. The second kappa shape index (κ2) is 6.27. The molecule has 1 aromatic carbocycles. The van der Waals surface area contributed by atoms with E-state index in [2.05, 4.69) is 72.0 Å². The van der Waals surface area contributed by atoms with Gasteiger partial charge in [0.25, 0.3) is 0 Å². The molecule has 1 aliphatic heterocycles. The zero-order chi connectivity index (χ0) is 14.0. The Balaban J connectivity index is 2.29. The standard InChI is InChI=1S/C16H25BrN2/c1-5-18-13(4)15-8-14(17)6-7-16(15)19-9-11(2)12(3)10-19/h6-8,11-13,18H,5,9-10H2,1-4H3. The largest absolute Gasteiger partial charge is 0.371 e. The van der Waals surface area contributed by atoms with E-state index in [-0.39, 0.29) is 0 Å². The molecular formula is C16H25BrN2. The third kappa shape index (κ3) is 3.32. The van der Waals surface area contributed by atoms with Gasteiger partial charge in [0.05, 0.1) is 0 Å². The molecule has 3 heteroatoms. The highest BCUT2D eigenvalue weighted by Gasteiger charge is 2.28. The average molecular weight is 325 g/mol. The maximum Gasteiger partial charge on any atom is 0.0415 e. The Kier molecular flexibility index (Phi) is 4.91. The van der Waals surface area contributed by atoms with Crippen LogP contribution in [0.3, 0.4) is 0 Å². The minimum absolute atomic E-state index is 0.392. The van der Waals surface area contributed by atoms with E-state index in [4.69, 9.17) is 0 Å². The lowest BCUT2D eigenvalue weighted by atomic mass is 10.0. The first-order valence-corrected chi connectivity index (χ1v) is 8.10. The molecule has 3 unspecified atom stereocenters. The second-order valence-corrected chi connectivity index (χ2v) is 6.76. The van der Waals surface area contributed by atoms with Crippen LogP contribution in [0.1, 0.15) is 39.3 Å². The zero-order valence-electron chi connectivity index (χ0n) is 12.4. The number of halogens is 1. The van der Waals surface area contributed by atoms with Gasteiger partial charge in [-0.2, -0.15) is 0 Å². The van der Waals surface area contributed by atoms with E-state index >= 15 is 0 Å². The molecular weight excluding hydrogens is 300 g/mol. The molecule has 1 fully saturated rings. The van der Waals surface area contributed by atoms with Crippen molar-refractivity contribution in [3.63, 3.8) is 0 Å². The van der Waals surface area contributed by atoms with Crippen molar-refractivity contribution in [1.29, 1.82) is 0 Å². The van der Waals surface area contributed by atoms with Crippen LogP contribution in [0.2, 0.25) is 0 Å². The molecule has 0 aromatic heterocycles. The molecule has 0 bridgehead atoms. The summed E-state index contributed by atoms with van der Waals surface area (Å²) in [4.78, 5) is 2.55. The molecule has 1 aliphatic rings. The smallest absolute Gasteiger partial charge is 0.0415 e. The summed E-state index contributed by atoms with van der Waals surface area (Å²) in [6.07, 6.45) is 0. The van der Waals surface area contributed by atoms with E-state index in [1.54, 1.807) is 0 Å². The Morgan fingerprint density at radius 2 is 1.95 bits per heavy atom. The van der Waals surface area contributed by atoms with Crippen LogP contribution in [0.4, 0.5) is 5.69 Å². The highest BCUT2D eigenvalue weighted by atomic mass is 79.9. The summed E-state index contributed by atoms with van der Waals surface area (Å²) in [5.41, 5.74) is 2.80. The summed E-state index contributed by atoms with van der Waals surface area (Å²) < 4.78 is 1.16. The fourth-order valence-electron chi connectivity index (χ4n) is 2.90. The Bertz CT molecular complexity index is 423. The molecule has 0 saturated carbocycles. The maximum absolute atomic E-state index is 3.60. The summed E-state index contributed by atoms with van der Waals surface area (Å²) in [5.74, 6) is 1.57. The fraction of sp³-hybridized carbons (Fsp3) is 0.625. The first-order valence-electron chi connectivity index (χ1n) is 7.30. The van der Waals surface area contributed by atoms with Crippen molar-refractivity contribution in [3.05, 3.63) is 28.2 Å². The van der Waals surface area contributed by atoms with Gasteiger partial charge in [-0.25, -0.2) is 0 Å². The van der Waals surface area contributed by atoms with Gasteiger partial charge in [-0.05, 0) is 49.1 Å². The molecule has 0 spiro atoms. The number of benzene rings is 1. The number of nitrogens with one attached hydrogen (secondary N) is 1. The van der Waals surface area contributed by atoms with E-state index < -0.39 is 0 Å². The van der Waals surface area contributed by atoms with Crippen LogP contribution in [0, 0.1) is 11.8 Å². The van der Waals surface area contributed by atoms with Crippen LogP contribution in [0.25, 0.3) is 0 Å². The van der Waals surface area contributed by atoms with Crippen molar-refractivity contribution < 1.29 is 0 Å². The van der Waals surface area contributed by atoms with Crippen LogP contribution >= 0.6 is 15.9 Å². The summed E-state index contributed by atoms with van der Waals surface area (Å²) in [7, 11) is 0. The van der Waals surface area contributed by atoms with E-state index in [0.29, 0.717) is 6.04 Å². The highest BCUT2D eigenvalue weighted by molar-refractivity contribution is 9.10. The molecule has 2 nitrogen and oxygen atoms in total. The summed E-state index contributed by atoms with van der Waals surface area (Å²) >= 11 is 3.60. The van der Waals surface area contributed by atoms with Gasteiger partial charge in [0.1, 0.15) is 0 Å². The second-order valence-electron chi connectivity index (χ2n) is 5.84. The molecule has 1 heterocycles. The van der Waals surface area contributed by atoms with Crippen LogP contribution in [-0.2, 0) is 0 Å². The number of rotatable bonds is 4. The lowest BCUT2D eigenvalue weighted by Crippen LogP contribution is -2.25. The fourth-order valence-corrected chi connectivity index (χ4v) is 3.28. The average Bonchev–Trinajstić information content (AvgIpc) is 2.69. The Morgan fingerprint density at radius 3 is 2.53 bits per heavy atom. The number of hydrogen-bond donors (Lipinski definition) is 1. The van der Waals surface area contributed by atoms with Crippen molar-refractivity contribution in [2.75, 3.05) is 24.5 Å². The van der Waals surface area contributed by atoms with Crippen LogP contribution in [0.5, 0.6) is 0 Å². The third-order valence-corrected chi connectivity index (χ3v) is 4.79. The minimum Gasteiger partial charge on any atom is -0.371 e. The molecule has 2 rings (SSSR count). The minimum atomic E-state index is 0.392. The van der Waals surface area contributed by atoms with Gasteiger partial charge in [-0.3, -0.25) is 0 Å². The molecule has 106 valence electrons. The van der Waals surface area contributed by atoms with E-state index in [1.165, 1.54) is 24.3 Å². The van der Waals surface area contributed by atoms with Crippen molar-refractivity contribution in [2.45, 2.75) is 33.7 Å². The predicted molar refractivity (Wildman–Crippen MR) is 86.8 cm³/mol. The quantitative estimate of drug-likeness (QED) is 0.892. The van der Waals surface area contributed by atoms with Gasteiger partial charge in [-0.1, -0.05) is 36.7 Å². The van der Waals surface area contributed by atoms with Crippen molar-refractivity contribution >= 4 is 21.6 Å². The maximum atomic E-state index is 3.60. The summed E-state index contributed by atoms with van der Waals surface area (Å²) in [5, 5.41) is 3.53. The van der Waals surface area contributed by atoms with Gasteiger partial charge in [0, 0.05) is 29.3 Å². The molecule has 1 N–H and O–H groups in total. The molecule has 19 heavy (non-hydrogen) atoms. The van der Waals surface area contributed by atoms with Gasteiger partial charge < -0.3 is 10.2 Å². The predicted octanol–water partition coefficient (Wildman–Crippen LogP) is 4.21. The first-order chi connectivity index (χ1) is 9.02. The van der Waals surface area contributed by atoms with Crippen LogP contribution in [-0.4, -0.2) is 19.6 Å². The van der Waals surface area contributed by atoms with Crippen molar-refractivity contribution in [2.24, 2.45) is 11.8 Å². The summed E-state index contributed by atoms with van der Waals surface area (Å²) in [6, 6.07) is 7.07. The van der Waals surface area contributed by atoms with Crippen molar-refractivity contribution in [1.82, 2.24) is 5.32 Å². The Labute approximate surface area is 125 Å². The van der Waals surface area contributed by atoms with Crippen molar-refractivity contribution in [3.8, 4) is 0 Å². The SMILES string of the molecule is CCNC(C)c1cc(Br)ccc1N1CC(C)C(C)C1. The normalized spacial score (nSPS) is 24.8. The summed E-state index contributed by atoms with van der Waals surface area (Å²) in [6.45, 7) is 12.5. The topological polar surface area (TPSA) is 15.3 Å². The molecule has 0 aliphatic carbocycles. The van der Waals surface area contributed by atoms with E-state index in [1.807, 2.05) is 0 Å². The number of nitrogens with zero attached hydrogens (tertiary/aromatic N) is 1. The van der Waals surface area contributed by atoms with Gasteiger partial charge >= 0.3 is 0 Å². The van der Waals surface area contributed by atoms with Gasteiger partial charge in [0.15, 0.2) is 0 Å². The van der Waals surface area contributed by atoms with Crippen LogP contribution < -0.4 is 10.2 Å². The number of hydrogen-bond acceptors (Lipinski definition) is 2. The zero-order valence-corrected chi connectivity index (χ0v) is 14.0. The molecule has 3 atom stereocenters. The monoisotopic (exact) mass is 324 g/mol. The first kappa shape index (κ1) is 14.9. The Morgan fingerprint density at radius 1 is 1.32 bits per heavy atom. The molecule has 0 radical (unpaired) electrons. The van der Waals surface area contributed by atoms with Gasteiger partial charge in [-0.15, -0.1) is 0 Å². The molecule has 0 amide bonds. The molecule has 1 aromatic rings. The number of anilines is 1. The lowest BCUT2D eigenvalue weighted by Gasteiger charge is -2.25. The van der Waals surface area contributed by atoms with Gasteiger partial charge in [0.2, 0.25) is 0 Å².